The Morgan fingerprint density at radius 3 is 2.80 bits per heavy atom. The maximum atomic E-state index is 5.92. The molecule has 2 aliphatic rings. The van der Waals surface area contributed by atoms with Crippen LogP contribution < -0.4 is 4.90 Å². The van der Waals surface area contributed by atoms with E-state index in [2.05, 4.69) is 43.0 Å². The Bertz CT molecular complexity index is 483. The highest BCUT2D eigenvalue weighted by Crippen LogP contribution is 2.43. The second-order valence-electron chi connectivity index (χ2n) is 6.31. The van der Waals surface area contributed by atoms with Gasteiger partial charge in [-0.2, -0.15) is 0 Å². The summed E-state index contributed by atoms with van der Waals surface area (Å²) in [5.74, 6) is 0. The van der Waals surface area contributed by atoms with Crippen molar-refractivity contribution in [3.8, 4) is 0 Å². The normalized spacial score (nSPS) is 20.7. The zero-order valence-corrected chi connectivity index (χ0v) is 12.9. The first-order chi connectivity index (χ1) is 9.62. The van der Waals surface area contributed by atoms with E-state index in [1.165, 1.54) is 29.9 Å². The fraction of sp³-hybridized carbons (Fsp3) is 0.688. The van der Waals surface area contributed by atoms with Crippen LogP contribution in [0.2, 0.25) is 0 Å². The predicted octanol–water partition coefficient (Wildman–Crippen LogP) is 2.07. The highest BCUT2D eigenvalue weighted by molar-refractivity contribution is 5.52. The average molecular weight is 275 g/mol. The minimum atomic E-state index is 0.164. The zero-order chi connectivity index (χ0) is 14.2. The van der Waals surface area contributed by atoms with Gasteiger partial charge in [-0.3, -0.25) is 4.98 Å². The van der Waals surface area contributed by atoms with Gasteiger partial charge in [0, 0.05) is 25.3 Å². The molecule has 1 spiro atoms. The number of aryl methyl sites for hydroxylation is 1. The number of anilines is 1. The molecule has 2 fully saturated rings. The van der Waals surface area contributed by atoms with Gasteiger partial charge in [-0.25, -0.2) is 0 Å². The molecule has 1 aliphatic heterocycles. The molecule has 0 amide bonds. The summed E-state index contributed by atoms with van der Waals surface area (Å²) < 4.78 is 5.92. The Labute approximate surface area is 121 Å². The molecule has 0 atom stereocenters. The summed E-state index contributed by atoms with van der Waals surface area (Å²) in [5, 5.41) is 0. The van der Waals surface area contributed by atoms with Gasteiger partial charge in [-0.05, 0) is 45.5 Å². The van der Waals surface area contributed by atoms with Gasteiger partial charge in [0.15, 0.2) is 0 Å². The molecule has 0 N–H and O–H groups in total. The number of hydrogen-bond acceptors (Lipinski definition) is 4. The van der Waals surface area contributed by atoms with Crippen LogP contribution in [0.5, 0.6) is 0 Å². The van der Waals surface area contributed by atoms with E-state index in [4.69, 9.17) is 9.72 Å². The van der Waals surface area contributed by atoms with Crippen LogP contribution in [0.3, 0.4) is 0 Å². The van der Waals surface area contributed by atoms with E-state index < -0.39 is 0 Å². The molecule has 110 valence electrons. The van der Waals surface area contributed by atoms with Gasteiger partial charge in [-0.15, -0.1) is 0 Å². The van der Waals surface area contributed by atoms with Crippen molar-refractivity contribution in [1.29, 1.82) is 0 Å². The van der Waals surface area contributed by atoms with E-state index in [-0.39, 0.29) is 5.60 Å². The third-order valence-corrected chi connectivity index (χ3v) is 4.23. The van der Waals surface area contributed by atoms with Gasteiger partial charge in [0.05, 0.1) is 23.6 Å². The molecule has 20 heavy (non-hydrogen) atoms. The molecular formula is C16H25N3O. The maximum absolute atomic E-state index is 5.92. The minimum absolute atomic E-state index is 0.164. The third-order valence-electron chi connectivity index (χ3n) is 4.23. The van der Waals surface area contributed by atoms with Crippen LogP contribution in [0.15, 0.2) is 12.1 Å². The molecule has 4 heteroatoms. The van der Waals surface area contributed by atoms with E-state index in [0.29, 0.717) is 0 Å². The van der Waals surface area contributed by atoms with E-state index in [1.54, 1.807) is 0 Å². The Kier molecular flexibility index (Phi) is 3.69. The van der Waals surface area contributed by atoms with Crippen molar-refractivity contribution in [1.82, 2.24) is 9.88 Å². The Balaban J connectivity index is 1.86. The second kappa shape index (κ2) is 5.34. The zero-order valence-electron chi connectivity index (χ0n) is 12.9. The molecule has 1 aromatic heterocycles. The van der Waals surface area contributed by atoms with Crippen LogP contribution in [0.1, 0.15) is 31.2 Å². The van der Waals surface area contributed by atoms with Gasteiger partial charge < -0.3 is 14.5 Å². The minimum Gasteiger partial charge on any atom is -0.371 e. The molecule has 1 saturated heterocycles. The topological polar surface area (TPSA) is 28.6 Å². The van der Waals surface area contributed by atoms with Crippen molar-refractivity contribution < 1.29 is 4.74 Å². The molecule has 1 aliphatic carbocycles. The summed E-state index contributed by atoms with van der Waals surface area (Å²) in [6.07, 6.45) is 3.42. The molecule has 1 aromatic rings. The van der Waals surface area contributed by atoms with Crippen molar-refractivity contribution in [2.75, 3.05) is 38.7 Å². The summed E-state index contributed by atoms with van der Waals surface area (Å²) in [7, 11) is 4.21. The Morgan fingerprint density at radius 1 is 1.35 bits per heavy atom. The molecule has 0 radical (unpaired) electrons. The largest absolute Gasteiger partial charge is 0.371 e. The number of ether oxygens (including phenoxy) is 1. The average Bonchev–Trinajstić information content (AvgIpc) is 3.17. The van der Waals surface area contributed by atoms with Crippen LogP contribution in [0.4, 0.5) is 5.69 Å². The van der Waals surface area contributed by atoms with E-state index >= 15 is 0 Å². The molecule has 2 heterocycles. The lowest BCUT2D eigenvalue weighted by atomic mass is 10.1. The summed E-state index contributed by atoms with van der Waals surface area (Å²) in [5.41, 5.74) is 3.84. The van der Waals surface area contributed by atoms with Crippen LogP contribution in [0.25, 0.3) is 0 Å². The quantitative estimate of drug-likeness (QED) is 0.841. The number of morpholine rings is 1. The smallest absolute Gasteiger partial charge is 0.0859 e. The fourth-order valence-electron chi connectivity index (χ4n) is 2.93. The monoisotopic (exact) mass is 275 g/mol. The van der Waals surface area contributed by atoms with Crippen LogP contribution in [0, 0.1) is 0 Å². The standard InChI is InChI=1S/C16H25N3O/c1-4-13-5-6-15(14(17-13)11-18(2)3)19-9-10-20-16(12-19)7-8-16/h5-6H,4,7-12H2,1-3H3. The molecule has 0 bridgehead atoms. The fourth-order valence-corrected chi connectivity index (χ4v) is 2.93. The number of rotatable bonds is 4. The van der Waals surface area contributed by atoms with E-state index in [9.17, 15) is 0 Å². The summed E-state index contributed by atoms with van der Waals surface area (Å²) >= 11 is 0. The second-order valence-corrected chi connectivity index (χ2v) is 6.31. The SMILES string of the molecule is CCc1ccc(N2CCOC3(CC3)C2)c(CN(C)C)n1. The van der Waals surface area contributed by atoms with Gasteiger partial charge in [0.2, 0.25) is 0 Å². The summed E-state index contributed by atoms with van der Waals surface area (Å²) in [4.78, 5) is 9.52. The molecule has 1 saturated carbocycles. The first-order valence-corrected chi connectivity index (χ1v) is 7.64. The number of pyridine rings is 1. The number of hydrogen-bond donors (Lipinski definition) is 0. The van der Waals surface area contributed by atoms with Gasteiger partial charge in [-0.1, -0.05) is 6.92 Å². The van der Waals surface area contributed by atoms with Crippen molar-refractivity contribution >= 4 is 5.69 Å². The van der Waals surface area contributed by atoms with Crippen molar-refractivity contribution in [3.05, 3.63) is 23.5 Å². The Hall–Kier alpha value is -1.13. The first kappa shape index (κ1) is 13.8. The molecule has 0 unspecified atom stereocenters. The summed E-state index contributed by atoms with van der Waals surface area (Å²) in [6.45, 7) is 5.91. The lowest BCUT2D eigenvalue weighted by Crippen LogP contribution is -2.44. The van der Waals surface area contributed by atoms with Gasteiger partial charge in [0.1, 0.15) is 0 Å². The maximum Gasteiger partial charge on any atom is 0.0859 e. The highest BCUT2D eigenvalue weighted by Gasteiger charge is 2.47. The van der Waals surface area contributed by atoms with Crippen molar-refractivity contribution in [3.63, 3.8) is 0 Å². The molecule has 4 nitrogen and oxygen atoms in total. The number of aromatic nitrogens is 1. The number of nitrogens with zero attached hydrogens (tertiary/aromatic N) is 3. The summed E-state index contributed by atoms with van der Waals surface area (Å²) in [6, 6.07) is 4.43. The molecular weight excluding hydrogens is 250 g/mol. The lowest BCUT2D eigenvalue weighted by Gasteiger charge is -2.36. The van der Waals surface area contributed by atoms with Gasteiger partial charge >= 0.3 is 0 Å². The van der Waals surface area contributed by atoms with Gasteiger partial charge in [0.25, 0.3) is 0 Å². The van der Waals surface area contributed by atoms with Crippen LogP contribution in [-0.2, 0) is 17.7 Å². The van der Waals surface area contributed by atoms with E-state index in [1.807, 2.05) is 0 Å². The van der Waals surface area contributed by atoms with Crippen LogP contribution in [-0.4, -0.2) is 49.3 Å². The van der Waals surface area contributed by atoms with Crippen molar-refractivity contribution in [2.45, 2.75) is 38.3 Å². The lowest BCUT2D eigenvalue weighted by molar-refractivity contribution is 0.0205. The highest BCUT2D eigenvalue weighted by atomic mass is 16.5. The van der Waals surface area contributed by atoms with E-state index in [0.717, 1.165) is 32.7 Å². The molecule has 0 aromatic carbocycles. The van der Waals surface area contributed by atoms with Crippen molar-refractivity contribution in [2.24, 2.45) is 0 Å². The Morgan fingerprint density at radius 2 is 2.15 bits per heavy atom. The van der Waals surface area contributed by atoms with Crippen LogP contribution >= 0.6 is 0 Å². The third kappa shape index (κ3) is 2.81. The predicted molar refractivity (Wildman–Crippen MR) is 81.1 cm³/mol. The first-order valence-electron chi connectivity index (χ1n) is 7.64. The molecule has 3 rings (SSSR count).